The number of hydrogen-bond acceptors (Lipinski definition) is 4. The van der Waals surface area contributed by atoms with Crippen LogP contribution < -0.4 is 38.4 Å². The van der Waals surface area contributed by atoms with E-state index in [1.54, 1.807) is 32.4 Å². The molecule has 0 spiro atoms. The fraction of sp³-hybridized carbons (Fsp3) is 0.316. The summed E-state index contributed by atoms with van der Waals surface area (Å²) in [5, 5.41) is 0.939. The van der Waals surface area contributed by atoms with Crippen molar-refractivity contribution in [2.24, 2.45) is 0 Å². The number of rotatable bonds is 6. The van der Waals surface area contributed by atoms with Gasteiger partial charge in [0.25, 0.3) is 0 Å². The third kappa shape index (κ3) is 6.08. The molecule has 0 heterocycles. The summed E-state index contributed by atoms with van der Waals surface area (Å²) in [6.07, 6.45) is 0. The summed E-state index contributed by atoms with van der Waals surface area (Å²) in [7, 11) is 3.08. The van der Waals surface area contributed by atoms with Crippen molar-refractivity contribution in [3.63, 3.8) is 0 Å². The molecule has 0 aliphatic rings. The Kier molecular flexibility index (Phi) is 8.02. The van der Waals surface area contributed by atoms with E-state index in [9.17, 15) is 4.79 Å². The smallest absolute Gasteiger partial charge is 1.00 e. The van der Waals surface area contributed by atoms with Crippen LogP contribution in [0.3, 0.4) is 0 Å². The maximum atomic E-state index is 12.7. The monoisotopic (exact) mass is 354 g/mol. The van der Waals surface area contributed by atoms with Gasteiger partial charge in [-0.15, -0.1) is 0 Å². The predicted octanol–water partition coefficient (Wildman–Crippen LogP) is 1.14. The van der Waals surface area contributed by atoms with E-state index in [1.807, 2.05) is 45.0 Å². The summed E-state index contributed by atoms with van der Waals surface area (Å²) in [5.41, 5.74) is 0.217. The van der Waals surface area contributed by atoms with Gasteiger partial charge < -0.3 is 15.6 Å². The van der Waals surface area contributed by atoms with Crippen molar-refractivity contribution in [1.29, 1.82) is 0 Å². The first-order chi connectivity index (χ1) is 11.3. The number of benzene rings is 2. The summed E-state index contributed by atoms with van der Waals surface area (Å²) < 4.78 is 16.4. The second-order valence-corrected chi connectivity index (χ2v) is 7.51. The molecule has 1 atom stereocenters. The molecule has 0 aliphatic carbocycles. The van der Waals surface area contributed by atoms with Crippen molar-refractivity contribution in [1.82, 2.24) is 0 Å². The van der Waals surface area contributed by atoms with Gasteiger partial charge in [-0.1, -0.05) is 18.2 Å². The molecule has 2 aromatic carbocycles. The van der Waals surface area contributed by atoms with E-state index < -0.39 is 0 Å². The summed E-state index contributed by atoms with van der Waals surface area (Å²) in [5.74, 6) is 1.84. The van der Waals surface area contributed by atoms with E-state index in [0.717, 1.165) is 11.1 Å². The molecule has 4 nitrogen and oxygen atoms in total. The van der Waals surface area contributed by atoms with Gasteiger partial charge in [-0.2, -0.15) is 0 Å². The summed E-state index contributed by atoms with van der Waals surface area (Å²) in [6.45, 7) is 6.00. The Morgan fingerprint density at radius 1 is 0.960 bits per heavy atom. The summed E-state index contributed by atoms with van der Waals surface area (Å²) in [6, 6.07) is 12.9. The SMILES string of the molecule is COc1cccc(OC)c1C(=O)Pc1ccc(OC(C)(C)C)cc1.[H-].[Li+]. The van der Waals surface area contributed by atoms with Crippen LogP contribution in [-0.4, -0.2) is 25.3 Å². The van der Waals surface area contributed by atoms with E-state index in [1.165, 1.54) is 0 Å². The van der Waals surface area contributed by atoms with E-state index >= 15 is 0 Å². The van der Waals surface area contributed by atoms with Gasteiger partial charge in [0.15, 0.2) is 5.52 Å². The standard InChI is InChI=1S/C19H23O4P.Li.H/c1-19(2,3)23-13-9-11-14(12-10-13)24-18(20)17-15(21-4)7-6-8-16(17)22-5;;/h6-12,24H,1-5H3;;/q;+1;-1. The van der Waals surface area contributed by atoms with Crippen LogP contribution in [0.4, 0.5) is 0 Å². The summed E-state index contributed by atoms with van der Waals surface area (Å²) >= 11 is 0. The first-order valence-corrected chi connectivity index (χ1v) is 8.65. The number of carbonyl (C=O) groups excluding carboxylic acids is 1. The van der Waals surface area contributed by atoms with E-state index in [0.29, 0.717) is 17.1 Å². The van der Waals surface area contributed by atoms with Gasteiger partial charge in [0, 0.05) is 0 Å². The maximum absolute atomic E-state index is 12.7. The molecule has 0 amide bonds. The summed E-state index contributed by atoms with van der Waals surface area (Å²) in [4.78, 5) is 12.7. The molecule has 0 aromatic heterocycles. The molecular formula is C19H24LiO4P. The molecule has 0 saturated carbocycles. The number of hydrogen-bond donors (Lipinski definition) is 0. The van der Waals surface area contributed by atoms with Crippen LogP contribution in [0.1, 0.15) is 32.6 Å². The van der Waals surface area contributed by atoms with Crippen LogP contribution in [0.15, 0.2) is 42.5 Å². The average molecular weight is 354 g/mol. The Morgan fingerprint density at radius 2 is 1.48 bits per heavy atom. The van der Waals surface area contributed by atoms with Gasteiger partial charge in [-0.25, -0.2) is 0 Å². The topological polar surface area (TPSA) is 44.8 Å². The van der Waals surface area contributed by atoms with E-state index in [-0.39, 0.29) is 40.0 Å². The average Bonchev–Trinajstić information content (AvgIpc) is 2.54. The van der Waals surface area contributed by atoms with Crippen LogP contribution in [0, 0.1) is 0 Å². The zero-order valence-electron chi connectivity index (χ0n) is 16.7. The van der Waals surface area contributed by atoms with Crippen LogP contribution in [0.5, 0.6) is 17.2 Å². The normalized spacial score (nSPS) is 11.1. The van der Waals surface area contributed by atoms with Gasteiger partial charge in [0.1, 0.15) is 28.4 Å². The van der Waals surface area contributed by atoms with Crippen LogP contribution >= 0.6 is 8.58 Å². The molecule has 0 radical (unpaired) electrons. The fourth-order valence-corrected chi connectivity index (χ4v) is 3.20. The zero-order valence-corrected chi connectivity index (χ0v) is 16.7. The maximum Gasteiger partial charge on any atom is 1.00 e. The van der Waals surface area contributed by atoms with Crippen molar-refractivity contribution >= 4 is 19.4 Å². The largest absolute Gasteiger partial charge is 1.00 e. The molecule has 0 fully saturated rings. The molecule has 6 heteroatoms. The third-order valence-corrected chi connectivity index (χ3v) is 4.29. The second kappa shape index (κ2) is 9.29. The minimum atomic E-state index is -0.246. The Morgan fingerprint density at radius 3 is 1.92 bits per heavy atom. The first-order valence-electron chi connectivity index (χ1n) is 7.65. The molecule has 0 bridgehead atoms. The van der Waals surface area contributed by atoms with E-state index in [2.05, 4.69) is 0 Å². The molecule has 2 aromatic rings. The molecule has 25 heavy (non-hydrogen) atoms. The molecule has 0 saturated heterocycles. The Hall–Kier alpha value is -1.46. The van der Waals surface area contributed by atoms with Crippen molar-refractivity contribution in [3.05, 3.63) is 48.0 Å². The van der Waals surface area contributed by atoms with Crippen molar-refractivity contribution < 1.29 is 39.3 Å². The van der Waals surface area contributed by atoms with E-state index in [4.69, 9.17) is 14.2 Å². The molecule has 0 N–H and O–H groups in total. The molecule has 0 aliphatic heterocycles. The van der Waals surface area contributed by atoms with Crippen molar-refractivity contribution in [2.75, 3.05) is 14.2 Å². The minimum absolute atomic E-state index is 0. The Balaban J connectivity index is 0.00000312. The Labute approximate surface area is 164 Å². The van der Waals surface area contributed by atoms with Crippen LogP contribution in [0.2, 0.25) is 0 Å². The van der Waals surface area contributed by atoms with Crippen molar-refractivity contribution in [2.45, 2.75) is 26.4 Å². The number of methoxy groups -OCH3 is 2. The molecular weight excluding hydrogens is 330 g/mol. The fourth-order valence-electron chi connectivity index (χ4n) is 2.23. The molecule has 2 rings (SSSR count). The molecule has 1 unspecified atom stereocenters. The van der Waals surface area contributed by atoms with Gasteiger partial charge >= 0.3 is 18.9 Å². The third-order valence-electron chi connectivity index (χ3n) is 3.19. The van der Waals surface area contributed by atoms with Crippen LogP contribution in [0.25, 0.3) is 0 Å². The van der Waals surface area contributed by atoms with Gasteiger partial charge in [0.2, 0.25) is 0 Å². The molecule has 130 valence electrons. The second-order valence-electron chi connectivity index (χ2n) is 6.23. The van der Waals surface area contributed by atoms with Gasteiger partial charge in [0.05, 0.1) is 14.2 Å². The zero-order chi connectivity index (χ0) is 17.7. The number of ether oxygens (including phenoxy) is 3. The Bertz CT molecular complexity index is 692. The number of carbonyl (C=O) groups is 1. The minimum Gasteiger partial charge on any atom is -1.00 e. The van der Waals surface area contributed by atoms with Gasteiger partial charge in [-0.3, -0.25) is 4.79 Å². The van der Waals surface area contributed by atoms with Gasteiger partial charge in [-0.05, 0) is 58.9 Å². The van der Waals surface area contributed by atoms with Crippen LogP contribution in [-0.2, 0) is 0 Å². The van der Waals surface area contributed by atoms with Crippen molar-refractivity contribution in [3.8, 4) is 17.2 Å². The first kappa shape index (κ1) is 21.6. The predicted molar refractivity (Wildman–Crippen MR) is 99.8 cm³/mol. The quantitative estimate of drug-likeness (QED) is 0.577.